The first-order valence-corrected chi connectivity index (χ1v) is 6.92. The summed E-state index contributed by atoms with van der Waals surface area (Å²) < 4.78 is 0. The van der Waals surface area contributed by atoms with Crippen molar-refractivity contribution in [1.29, 1.82) is 0 Å². The summed E-state index contributed by atoms with van der Waals surface area (Å²) in [5.41, 5.74) is -1.10. The van der Waals surface area contributed by atoms with Gasteiger partial charge < -0.3 is 10.2 Å². The highest BCUT2D eigenvalue weighted by Crippen LogP contribution is 2.39. The van der Waals surface area contributed by atoms with Gasteiger partial charge in [-0.15, -0.1) is 0 Å². The number of unbranched alkanes of at least 4 members (excludes halogenated alkanes) is 3. The molecule has 0 amide bonds. The lowest BCUT2D eigenvalue weighted by Gasteiger charge is -2.33. The zero-order valence-electron chi connectivity index (χ0n) is 11.7. The Kier molecular flexibility index (Phi) is 7.64. The van der Waals surface area contributed by atoms with Gasteiger partial charge in [-0.1, -0.05) is 46.5 Å². The van der Waals surface area contributed by atoms with E-state index in [1.807, 2.05) is 0 Å². The van der Waals surface area contributed by atoms with E-state index in [1.54, 1.807) is 13.8 Å². The monoisotopic (exact) mass is 258 g/mol. The zero-order valence-corrected chi connectivity index (χ0v) is 11.7. The molecule has 2 unspecified atom stereocenters. The summed E-state index contributed by atoms with van der Waals surface area (Å²) in [5, 5.41) is 18.7. The highest BCUT2D eigenvalue weighted by Gasteiger charge is 2.46. The minimum Gasteiger partial charge on any atom is -0.481 e. The van der Waals surface area contributed by atoms with Gasteiger partial charge in [0, 0.05) is 0 Å². The molecule has 0 rings (SSSR count). The second-order valence-corrected chi connectivity index (χ2v) is 4.92. The molecule has 0 aromatic carbocycles. The normalized spacial score (nSPS) is 15.9. The Morgan fingerprint density at radius 1 is 1.06 bits per heavy atom. The van der Waals surface area contributed by atoms with Crippen LogP contribution in [0, 0.1) is 11.3 Å². The second-order valence-electron chi connectivity index (χ2n) is 4.92. The van der Waals surface area contributed by atoms with E-state index in [0.29, 0.717) is 19.3 Å². The summed E-state index contributed by atoms with van der Waals surface area (Å²) in [7, 11) is 0. The van der Waals surface area contributed by atoms with Gasteiger partial charge in [0.05, 0.1) is 11.3 Å². The van der Waals surface area contributed by atoms with Crippen LogP contribution < -0.4 is 0 Å². The van der Waals surface area contributed by atoms with Crippen molar-refractivity contribution in [3.05, 3.63) is 0 Å². The van der Waals surface area contributed by atoms with Crippen molar-refractivity contribution in [3.8, 4) is 0 Å². The summed E-state index contributed by atoms with van der Waals surface area (Å²) >= 11 is 0. The molecule has 0 spiro atoms. The Labute approximate surface area is 109 Å². The van der Waals surface area contributed by atoms with E-state index in [1.165, 1.54) is 0 Å². The van der Waals surface area contributed by atoms with Gasteiger partial charge in [-0.3, -0.25) is 9.59 Å². The van der Waals surface area contributed by atoms with Crippen molar-refractivity contribution in [2.24, 2.45) is 11.3 Å². The molecule has 106 valence electrons. The second kappa shape index (κ2) is 8.11. The van der Waals surface area contributed by atoms with Crippen LogP contribution in [0.2, 0.25) is 0 Å². The fraction of sp³-hybridized carbons (Fsp3) is 0.857. The molecular formula is C14H26O4. The molecule has 2 atom stereocenters. The molecule has 0 bridgehead atoms. The average molecular weight is 258 g/mol. The minimum absolute atomic E-state index is 0.364. The zero-order chi connectivity index (χ0) is 14.2. The molecule has 4 heteroatoms. The van der Waals surface area contributed by atoms with Gasteiger partial charge in [-0.05, 0) is 19.3 Å². The number of hydrogen-bond donors (Lipinski definition) is 2. The number of carboxylic acid groups (broad SMARTS) is 2. The molecule has 0 saturated heterocycles. The van der Waals surface area contributed by atoms with Gasteiger partial charge in [0.15, 0.2) is 0 Å². The molecule has 2 N–H and O–H groups in total. The van der Waals surface area contributed by atoms with Crippen molar-refractivity contribution in [2.45, 2.75) is 65.7 Å². The Morgan fingerprint density at radius 2 is 1.67 bits per heavy atom. The van der Waals surface area contributed by atoms with Crippen molar-refractivity contribution >= 4 is 11.9 Å². The summed E-state index contributed by atoms with van der Waals surface area (Å²) in [4.78, 5) is 22.8. The van der Waals surface area contributed by atoms with Crippen molar-refractivity contribution < 1.29 is 19.8 Å². The van der Waals surface area contributed by atoms with E-state index in [9.17, 15) is 19.8 Å². The fourth-order valence-electron chi connectivity index (χ4n) is 2.67. The SMILES string of the molecule is CCCCCCC(CC)(C(=O)O)C(CC)C(=O)O. The average Bonchev–Trinajstić information content (AvgIpc) is 2.32. The Bertz CT molecular complexity index is 275. The summed E-state index contributed by atoms with van der Waals surface area (Å²) in [6.45, 7) is 5.62. The van der Waals surface area contributed by atoms with E-state index in [0.717, 1.165) is 25.7 Å². The maximum absolute atomic E-state index is 11.6. The molecular weight excluding hydrogens is 232 g/mol. The predicted octanol–water partition coefficient (Wildman–Crippen LogP) is 3.55. The van der Waals surface area contributed by atoms with Crippen LogP contribution in [0.25, 0.3) is 0 Å². The lowest BCUT2D eigenvalue weighted by atomic mass is 9.68. The van der Waals surface area contributed by atoms with Crippen LogP contribution in [0.4, 0.5) is 0 Å². The summed E-state index contributed by atoms with van der Waals surface area (Å²) in [6.07, 6.45) is 5.12. The maximum Gasteiger partial charge on any atom is 0.310 e. The van der Waals surface area contributed by atoms with Crippen LogP contribution >= 0.6 is 0 Å². The van der Waals surface area contributed by atoms with Crippen LogP contribution in [-0.2, 0) is 9.59 Å². The van der Waals surface area contributed by atoms with Crippen LogP contribution in [-0.4, -0.2) is 22.2 Å². The van der Waals surface area contributed by atoms with Gasteiger partial charge in [-0.2, -0.15) is 0 Å². The molecule has 0 fully saturated rings. The van der Waals surface area contributed by atoms with Gasteiger partial charge in [-0.25, -0.2) is 0 Å². The smallest absolute Gasteiger partial charge is 0.310 e. The summed E-state index contributed by atoms with van der Waals surface area (Å²) in [6, 6.07) is 0. The topological polar surface area (TPSA) is 74.6 Å². The minimum atomic E-state index is -1.10. The molecule has 0 aliphatic heterocycles. The summed E-state index contributed by atoms with van der Waals surface area (Å²) in [5.74, 6) is -2.74. The van der Waals surface area contributed by atoms with E-state index in [4.69, 9.17) is 0 Å². The number of rotatable bonds is 10. The number of hydrogen-bond acceptors (Lipinski definition) is 2. The highest BCUT2D eigenvalue weighted by molar-refractivity contribution is 5.83. The first-order valence-electron chi connectivity index (χ1n) is 6.92. The first kappa shape index (κ1) is 16.9. The van der Waals surface area contributed by atoms with Crippen LogP contribution in [0.1, 0.15) is 65.7 Å². The molecule has 0 heterocycles. The van der Waals surface area contributed by atoms with E-state index < -0.39 is 23.3 Å². The molecule has 0 saturated carbocycles. The molecule has 0 aromatic heterocycles. The standard InChI is InChI=1S/C14H26O4/c1-4-7-8-9-10-14(6-3,13(17)18)11(5-2)12(15)16/h11H,4-10H2,1-3H3,(H,15,16)(H,17,18). The Morgan fingerprint density at radius 3 is 2.00 bits per heavy atom. The highest BCUT2D eigenvalue weighted by atomic mass is 16.4. The number of aliphatic carboxylic acids is 2. The van der Waals surface area contributed by atoms with Gasteiger partial charge in [0.1, 0.15) is 0 Å². The van der Waals surface area contributed by atoms with Crippen LogP contribution in [0.5, 0.6) is 0 Å². The number of carboxylic acids is 2. The molecule has 0 aromatic rings. The van der Waals surface area contributed by atoms with Crippen LogP contribution in [0.15, 0.2) is 0 Å². The van der Waals surface area contributed by atoms with Gasteiger partial charge in [0.2, 0.25) is 0 Å². The molecule has 0 radical (unpaired) electrons. The molecule has 18 heavy (non-hydrogen) atoms. The van der Waals surface area contributed by atoms with Crippen LogP contribution in [0.3, 0.4) is 0 Å². The first-order chi connectivity index (χ1) is 8.46. The van der Waals surface area contributed by atoms with Gasteiger partial charge >= 0.3 is 11.9 Å². The van der Waals surface area contributed by atoms with Gasteiger partial charge in [0.25, 0.3) is 0 Å². The molecule has 4 nitrogen and oxygen atoms in total. The Hall–Kier alpha value is -1.06. The Balaban J connectivity index is 4.91. The van der Waals surface area contributed by atoms with E-state index in [-0.39, 0.29) is 0 Å². The van der Waals surface area contributed by atoms with E-state index in [2.05, 4.69) is 6.92 Å². The van der Waals surface area contributed by atoms with Crippen molar-refractivity contribution in [1.82, 2.24) is 0 Å². The third-order valence-corrected chi connectivity index (χ3v) is 3.91. The largest absolute Gasteiger partial charge is 0.481 e. The fourth-order valence-corrected chi connectivity index (χ4v) is 2.67. The molecule has 0 aliphatic carbocycles. The third-order valence-electron chi connectivity index (χ3n) is 3.91. The van der Waals surface area contributed by atoms with E-state index >= 15 is 0 Å². The van der Waals surface area contributed by atoms with Crippen molar-refractivity contribution in [3.63, 3.8) is 0 Å². The predicted molar refractivity (Wildman–Crippen MR) is 70.5 cm³/mol. The quantitative estimate of drug-likeness (QED) is 0.588. The lowest BCUT2D eigenvalue weighted by molar-refractivity contribution is -0.164. The van der Waals surface area contributed by atoms with Crippen molar-refractivity contribution in [2.75, 3.05) is 0 Å². The molecule has 0 aliphatic rings. The number of carbonyl (C=O) groups is 2. The maximum atomic E-state index is 11.6. The third kappa shape index (κ3) is 4.00. The lowest BCUT2D eigenvalue weighted by Crippen LogP contribution is -2.42.